The number of aryl methyl sites for hydroxylation is 1. The van der Waals surface area contributed by atoms with Crippen molar-refractivity contribution in [3.05, 3.63) is 64.4 Å². The zero-order valence-corrected chi connectivity index (χ0v) is 16.0. The average Bonchev–Trinajstić information content (AvgIpc) is 3.36. The summed E-state index contributed by atoms with van der Waals surface area (Å²) < 4.78 is 1.86. The Hall–Kier alpha value is -2.67. The van der Waals surface area contributed by atoms with Gasteiger partial charge in [0.25, 0.3) is 0 Å². The molecule has 0 amide bonds. The monoisotopic (exact) mass is 368 g/mol. The van der Waals surface area contributed by atoms with Crippen LogP contribution in [0.5, 0.6) is 0 Å². The van der Waals surface area contributed by atoms with E-state index in [1.807, 2.05) is 35.3 Å². The first-order valence-electron chi connectivity index (χ1n) is 8.75. The van der Waals surface area contributed by atoms with Gasteiger partial charge in [-0.05, 0) is 30.2 Å². The molecule has 136 valence electrons. The van der Waals surface area contributed by atoms with E-state index in [0.29, 0.717) is 6.54 Å². The number of thiazole rings is 1. The van der Waals surface area contributed by atoms with Crippen LogP contribution in [0, 0.1) is 0 Å². The summed E-state index contributed by atoms with van der Waals surface area (Å²) in [7, 11) is 1.79. The third kappa shape index (κ3) is 4.92. The minimum atomic E-state index is 0.700. The molecule has 7 heteroatoms. The Morgan fingerprint density at radius 2 is 2.19 bits per heavy atom. The van der Waals surface area contributed by atoms with E-state index in [4.69, 9.17) is 0 Å². The number of aliphatic imine (C=N–C) groups is 1. The van der Waals surface area contributed by atoms with Crippen molar-refractivity contribution in [1.29, 1.82) is 0 Å². The molecule has 2 heterocycles. The predicted molar refractivity (Wildman–Crippen MR) is 107 cm³/mol. The van der Waals surface area contributed by atoms with Crippen molar-refractivity contribution in [2.24, 2.45) is 4.99 Å². The van der Waals surface area contributed by atoms with Gasteiger partial charge in [0.2, 0.25) is 0 Å². The standard InChI is InChI=1S/C19H24N6S/c1-3-17-14-22-18(26-17)8-10-21-19(20-2)23-13-15-6-4-7-16(12-15)25-11-5-9-24-25/h4-7,9,11-12,14H,3,8,10,13H2,1-2H3,(H2,20,21,23). The highest BCUT2D eigenvalue weighted by molar-refractivity contribution is 7.11. The highest BCUT2D eigenvalue weighted by atomic mass is 32.1. The van der Waals surface area contributed by atoms with Gasteiger partial charge >= 0.3 is 0 Å². The Balaban J connectivity index is 1.49. The molecule has 0 atom stereocenters. The van der Waals surface area contributed by atoms with Crippen molar-refractivity contribution in [1.82, 2.24) is 25.4 Å². The van der Waals surface area contributed by atoms with Gasteiger partial charge in [-0.1, -0.05) is 19.1 Å². The maximum Gasteiger partial charge on any atom is 0.191 e. The topological polar surface area (TPSA) is 67.1 Å². The van der Waals surface area contributed by atoms with E-state index in [2.05, 4.69) is 44.8 Å². The van der Waals surface area contributed by atoms with Crippen LogP contribution in [0.4, 0.5) is 0 Å². The summed E-state index contributed by atoms with van der Waals surface area (Å²) in [5.74, 6) is 0.793. The summed E-state index contributed by atoms with van der Waals surface area (Å²) >= 11 is 1.78. The van der Waals surface area contributed by atoms with Gasteiger partial charge in [0.15, 0.2) is 5.96 Å². The fourth-order valence-corrected chi connectivity index (χ4v) is 3.41. The number of aromatic nitrogens is 3. The molecule has 0 aliphatic carbocycles. The summed E-state index contributed by atoms with van der Waals surface area (Å²) in [5, 5.41) is 12.1. The van der Waals surface area contributed by atoms with E-state index in [1.54, 1.807) is 24.6 Å². The number of rotatable bonds is 7. The lowest BCUT2D eigenvalue weighted by atomic mass is 10.2. The third-order valence-electron chi connectivity index (χ3n) is 3.94. The van der Waals surface area contributed by atoms with Crippen LogP contribution >= 0.6 is 11.3 Å². The van der Waals surface area contributed by atoms with Crippen LogP contribution in [-0.4, -0.2) is 34.3 Å². The maximum absolute atomic E-state index is 4.45. The van der Waals surface area contributed by atoms with Gasteiger partial charge < -0.3 is 10.6 Å². The first kappa shape index (κ1) is 18.1. The Labute approximate surface area is 158 Å². The van der Waals surface area contributed by atoms with Crippen LogP contribution in [0.25, 0.3) is 5.69 Å². The van der Waals surface area contributed by atoms with Crippen LogP contribution in [0.15, 0.2) is 53.9 Å². The van der Waals surface area contributed by atoms with E-state index in [9.17, 15) is 0 Å². The molecule has 0 aliphatic heterocycles. The molecule has 0 spiro atoms. The fourth-order valence-electron chi connectivity index (χ4n) is 2.55. The SMILES string of the molecule is CCc1cnc(CCNC(=NC)NCc2cccc(-n3cccn3)c2)s1. The van der Waals surface area contributed by atoms with Crippen LogP contribution in [0.3, 0.4) is 0 Å². The molecule has 3 rings (SSSR count). The lowest BCUT2D eigenvalue weighted by molar-refractivity contribution is 0.790. The van der Waals surface area contributed by atoms with Crippen molar-refractivity contribution in [3.8, 4) is 5.69 Å². The normalized spacial score (nSPS) is 11.5. The quantitative estimate of drug-likeness (QED) is 0.497. The van der Waals surface area contributed by atoms with Crippen molar-refractivity contribution in [3.63, 3.8) is 0 Å². The molecule has 2 N–H and O–H groups in total. The minimum absolute atomic E-state index is 0.700. The van der Waals surface area contributed by atoms with Gasteiger partial charge in [-0.3, -0.25) is 4.99 Å². The van der Waals surface area contributed by atoms with E-state index < -0.39 is 0 Å². The van der Waals surface area contributed by atoms with Gasteiger partial charge in [-0.25, -0.2) is 9.67 Å². The Bertz CT molecular complexity index is 837. The minimum Gasteiger partial charge on any atom is -0.356 e. The second-order valence-electron chi connectivity index (χ2n) is 5.80. The number of benzene rings is 1. The largest absolute Gasteiger partial charge is 0.356 e. The lowest BCUT2D eigenvalue weighted by Crippen LogP contribution is -2.37. The molecule has 6 nitrogen and oxygen atoms in total. The number of guanidine groups is 1. The van der Waals surface area contributed by atoms with E-state index in [1.165, 1.54) is 10.4 Å². The number of hydrogen-bond donors (Lipinski definition) is 2. The van der Waals surface area contributed by atoms with Gasteiger partial charge in [0.05, 0.1) is 10.7 Å². The molecular formula is C19H24N6S. The summed E-state index contributed by atoms with van der Waals surface area (Å²) in [6, 6.07) is 10.2. The van der Waals surface area contributed by atoms with Crippen LogP contribution in [0.1, 0.15) is 22.4 Å². The first-order valence-corrected chi connectivity index (χ1v) is 9.57. The van der Waals surface area contributed by atoms with Gasteiger partial charge in [0, 0.05) is 50.0 Å². The average molecular weight is 369 g/mol. The Kier molecular flexibility index (Phi) is 6.38. The Morgan fingerprint density at radius 1 is 1.27 bits per heavy atom. The number of hydrogen-bond acceptors (Lipinski definition) is 4. The molecule has 0 saturated heterocycles. The molecule has 0 saturated carbocycles. The summed E-state index contributed by atoms with van der Waals surface area (Å²) in [6.07, 6.45) is 7.64. The van der Waals surface area contributed by atoms with Crippen LogP contribution < -0.4 is 10.6 Å². The molecule has 0 bridgehead atoms. The first-order chi connectivity index (χ1) is 12.8. The highest BCUT2D eigenvalue weighted by Crippen LogP contribution is 2.13. The molecule has 0 aliphatic rings. The molecule has 0 unspecified atom stereocenters. The van der Waals surface area contributed by atoms with E-state index in [-0.39, 0.29) is 0 Å². The van der Waals surface area contributed by atoms with Gasteiger partial charge in [-0.2, -0.15) is 5.10 Å². The Morgan fingerprint density at radius 3 is 2.92 bits per heavy atom. The highest BCUT2D eigenvalue weighted by Gasteiger charge is 2.03. The van der Waals surface area contributed by atoms with Gasteiger partial charge in [-0.15, -0.1) is 11.3 Å². The molecule has 3 aromatic rings. The van der Waals surface area contributed by atoms with Crippen LogP contribution in [0.2, 0.25) is 0 Å². The second kappa shape index (κ2) is 9.15. The van der Waals surface area contributed by atoms with E-state index in [0.717, 1.165) is 36.0 Å². The van der Waals surface area contributed by atoms with Crippen LogP contribution in [-0.2, 0) is 19.4 Å². The predicted octanol–water partition coefficient (Wildman–Crippen LogP) is 2.80. The second-order valence-corrected chi connectivity index (χ2v) is 7.00. The molecule has 0 fully saturated rings. The van der Waals surface area contributed by atoms with Crippen molar-refractivity contribution < 1.29 is 0 Å². The molecular weight excluding hydrogens is 344 g/mol. The van der Waals surface area contributed by atoms with Crippen molar-refractivity contribution in [2.45, 2.75) is 26.3 Å². The summed E-state index contributed by atoms with van der Waals surface area (Å²) in [6.45, 7) is 3.67. The molecule has 26 heavy (non-hydrogen) atoms. The molecule has 2 aromatic heterocycles. The molecule has 0 radical (unpaired) electrons. The van der Waals surface area contributed by atoms with Crippen molar-refractivity contribution >= 4 is 17.3 Å². The fraction of sp³-hybridized carbons (Fsp3) is 0.316. The number of nitrogens with zero attached hydrogens (tertiary/aromatic N) is 4. The third-order valence-corrected chi connectivity index (χ3v) is 5.15. The van der Waals surface area contributed by atoms with Gasteiger partial charge in [0.1, 0.15) is 0 Å². The summed E-state index contributed by atoms with van der Waals surface area (Å²) in [4.78, 5) is 10.1. The zero-order chi connectivity index (χ0) is 18.2. The molecule has 1 aromatic carbocycles. The zero-order valence-electron chi connectivity index (χ0n) is 15.1. The summed E-state index contributed by atoms with van der Waals surface area (Å²) in [5.41, 5.74) is 2.22. The smallest absolute Gasteiger partial charge is 0.191 e. The lowest BCUT2D eigenvalue weighted by Gasteiger charge is -2.12. The number of nitrogens with one attached hydrogen (secondary N) is 2. The maximum atomic E-state index is 4.45. The van der Waals surface area contributed by atoms with Crippen molar-refractivity contribution in [2.75, 3.05) is 13.6 Å². The van der Waals surface area contributed by atoms with E-state index >= 15 is 0 Å².